The average molecular weight is 344 g/mol. The van der Waals surface area contributed by atoms with Crippen LogP contribution in [0, 0.1) is 6.92 Å². The Labute approximate surface area is 144 Å². The average Bonchev–Trinajstić information content (AvgIpc) is 3.04. The third kappa shape index (κ3) is 2.71. The van der Waals surface area contributed by atoms with Crippen LogP contribution in [0.5, 0.6) is 0 Å². The Balaban J connectivity index is 2.26. The minimum Gasteiger partial charge on any atom is -0.478 e. The zero-order chi connectivity index (χ0) is 17.4. The van der Waals surface area contributed by atoms with Gasteiger partial charge in [0.2, 0.25) is 0 Å². The highest BCUT2D eigenvalue weighted by atomic mass is 35.5. The van der Waals surface area contributed by atoms with Crippen LogP contribution >= 0.6 is 11.6 Å². The summed E-state index contributed by atoms with van der Waals surface area (Å²) in [6.07, 6.45) is 4.11. The van der Waals surface area contributed by atoms with Gasteiger partial charge < -0.3 is 9.67 Å². The summed E-state index contributed by atoms with van der Waals surface area (Å²) >= 11 is 6.06. The summed E-state index contributed by atoms with van der Waals surface area (Å²) in [7, 11) is 1.85. The molecule has 24 heavy (non-hydrogen) atoms. The molecule has 0 spiro atoms. The summed E-state index contributed by atoms with van der Waals surface area (Å²) < 4.78 is 3.77. The van der Waals surface area contributed by atoms with Crippen LogP contribution in [0.25, 0.3) is 22.8 Å². The van der Waals surface area contributed by atoms with Gasteiger partial charge in [-0.3, -0.25) is 4.68 Å². The van der Waals surface area contributed by atoms with Gasteiger partial charge in [-0.05, 0) is 43.7 Å². The van der Waals surface area contributed by atoms with Crippen molar-refractivity contribution in [1.29, 1.82) is 0 Å². The van der Waals surface area contributed by atoms with Crippen LogP contribution in [0.15, 0.2) is 36.0 Å². The fourth-order valence-electron chi connectivity index (χ4n) is 2.90. The number of aliphatic carboxylic acids is 1. The van der Waals surface area contributed by atoms with Crippen LogP contribution in [-0.2, 0) is 11.8 Å². The van der Waals surface area contributed by atoms with Crippen molar-refractivity contribution in [2.24, 2.45) is 7.05 Å². The van der Waals surface area contributed by atoms with Crippen molar-refractivity contribution in [3.8, 4) is 5.82 Å². The fourth-order valence-corrected chi connectivity index (χ4v) is 3.08. The Morgan fingerprint density at radius 2 is 2.12 bits per heavy atom. The number of benzene rings is 1. The molecule has 1 aromatic carbocycles. The van der Waals surface area contributed by atoms with Crippen molar-refractivity contribution in [2.75, 3.05) is 0 Å². The second kappa shape index (κ2) is 6.17. The second-order valence-electron chi connectivity index (χ2n) is 5.66. The maximum atomic E-state index is 11.4. The summed E-state index contributed by atoms with van der Waals surface area (Å²) in [5, 5.41) is 15.5. The van der Waals surface area contributed by atoms with Gasteiger partial charge in [-0.1, -0.05) is 18.5 Å². The molecule has 0 aliphatic rings. The van der Waals surface area contributed by atoms with E-state index in [2.05, 4.69) is 5.10 Å². The van der Waals surface area contributed by atoms with Crippen molar-refractivity contribution < 1.29 is 9.90 Å². The van der Waals surface area contributed by atoms with E-state index in [1.54, 1.807) is 10.8 Å². The van der Waals surface area contributed by atoms with E-state index in [1.165, 1.54) is 0 Å². The highest BCUT2D eigenvalue weighted by molar-refractivity contribution is 6.31. The normalized spacial score (nSPS) is 12.1. The van der Waals surface area contributed by atoms with Gasteiger partial charge in [0.1, 0.15) is 5.82 Å². The first-order chi connectivity index (χ1) is 11.4. The van der Waals surface area contributed by atoms with Gasteiger partial charge in [-0.15, -0.1) is 0 Å². The Kier molecular flexibility index (Phi) is 4.20. The molecular weight excluding hydrogens is 326 g/mol. The third-order valence-electron chi connectivity index (χ3n) is 4.09. The highest BCUT2D eigenvalue weighted by Crippen LogP contribution is 2.28. The smallest absolute Gasteiger partial charge is 0.331 e. The number of aromatic nitrogens is 3. The molecule has 0 aliphatic carbocycles. The van der Waals surface area contributed by atoms with Crippen molar-refractivity contribution in [1.82, 2.24) is 14.3 Å². The van der Waals surface area contributed by atoms with E-state index in [1.807, 2.05) is 55.9 Å². The molecule has 0 atom stereocenters. The van der Waals surface area contributed by atoms with Gasteiger partial charge in [-0.25, -0.2) is 4.79 Å². The lowest BCUT2D eigenvalue weighted by atomic mass is 10.1. The molecule has 124 valence electrons. The van der Waals surface area contributed by atoms with E-state index in [4.69, 9.17) is 11.6 Å². The van der Waals surface area contributed by atoms with Gasteiger partial charge in [0, 0.05) is 34.8 Å². The third-order valence-corrected chi connectivity index (χ3v) is 4.33. The summed E-state index contributed by atoms with van der Waals surface area (Å²) in [4.78, 5) is 11.4. The topological polar surface area (TPSA) is 60.0 Å². The van der Waals surface area contributed by atoms with Crippen molar-refractivity contribution in [3.63, 3.8) is 0 Å². The molecule has 0 aliphatic heterocycles. The molecule has 0 unspecified atom stereocenters. The number of carboxylic acid groups (broad SMARTS) is 1. The standard InChI is InChI=1S/C18H18ClN3O2/c1-4-12(18(23)24)10-15-11(2)20-21(3)17(15)22-8-7-13-9-14(19)5-6-16(13)22/h5-10H,4H2,1-3H3,(H,23,24). The summed E-state index contributed by atoms with van der Waals surface area (Å²) in [6, 6.07) is 7.68. The van der Waals surface area contributed by atoms with Crippen LogP contribution < -0.4 is 0 Å². The van der Waals surface area contributed by atoms with Crippen LogP contribution in [-0.4, -0.2) is 25.4 Å². The van der Waals surface area contributed by atoms with Crippen LogP contribution in [0.3, 0.4) is 0 Å². The minimum absolute atomic E-state index is 0.354. The van der Waals surface area contributed by atoms with Crippen LogP contribution in [0.1, 0.15) is 24.6 Å². The molecule has 3 rings (SSSR count). The number of rotatable bonds is 4. The van der Waals surface area contributed by atoms with E-state index < -0.39 is 5.97 Å². The summed E-state index contributed by atoms with van der Waals surface area (Å²) in [6.45, 7) is 3.71. The molecule has 5 nitrogen and oxygen atoms in total. The molecule has 0 fully saturated rings. The van der Waals surface area contributed by atoms with E-state index in [9.17, 15) is 9.90 Å². The Hall–Kier alpha value is -2.53. The fraction of sp³-hybridized carbons (Fsp3) is 0.222. The number of aryl methyl sites for hydroxylation is 2. The first-order valence-corrected chi connectivity index (χ1v) is 8.04. The highest BCUT2D eigenvalue weighted by Gasteiger charge is 2.17. The van der Waals surface area contributed by atoms with Crippen molar-refractivity contribution in [3.05, 3.63) is 52.3 Å². The monoisotopic (exact) mass is 343 g/mol. The predicted molar refractivity (Wildman–Crippen MR) is 95.7 cm³/mol. The lowest BCUT2D eigenvalue weighted by molar-refractivity contribution is -0.132. The van der Waals surface area contributed by atoms with Gasteiger partial charge >= 0.3 is 5.97 Å². The molecule has 0 radical (unpaired) electrons. The van der Waals surface area contributed by atoms with Gasteiger partial charge in [-0.2, -0.15) is 5.10 Å². The van der Waals surface area contributed by atoms with E-state index in [0.717, 1.165) is 28.0 Å². The number of hydrogen-bond donors (Lipinski definition) is 1. The molecule has 3 aromatic rings. The molecule has 0 bridgehead atoms. The maximum Gasteiger partial charge on any atom is 0.331 e. The number of halogens is 1. The number of nitrogens with zero attached hydrogens (tertiary/aromatic N) is 3. The number of fused-ring (bicyclic) bond motifs is 1. The largest absolute Gasteiger partial charge is 0.478 e. The lowest BCUT2D eigenvalue weighted by Gasteiger charge is -2.09. The number of carbonyl (C=O) groups is 1. The summed E-state index contributed by atoms with van der Waals surface area (Å²) in [5.74, 6) is -0.0760. The van der Waals surface area contributed by atoms with Gasteiger partial charge in [0.15, 0.2) is 0 Å². The SMILES string of the molecule is CCC(=Cc1c(C)nn(C)c1-n1ccc2cc(Cl)ccc21)C(=O)O. The molecule has 0 amide bonds. The van der Waals surface area contributed by atoms with Crippen LogP contribution in [0.4, 0.5) is 0 Å². The minimum atomic E-state index is -0.907. The molecule has 0 saturated heterocycles. The lowest BCUT2D eigenvalue weighted by Crippen LogP contribution is -2.04. The predicted octanol–water partition coefficient (Wildman–Crippen LogP) is 4.20. The van der Waals surface area contributed by atoms with Gasteiger partial charge in [0.25, 0.3) is 0 Å². The molecule has 2 aromatic heterocycles. The molecular formula is C18H18ClN3O2. The zero-order valence-corrected chi connectivity index (χ0v) is 14.5. The van der Waals surface area contributed by atoms with Gasteiger partial charge in [0.05, 0.1) is 11.2 Å². The maximum absolute atomic E-state index is 11.4. The zero-order valence-electron chi connectivity index (χ0n) is 13.7. The van der Waals surface area contributed by atoms with Crippen molar-refractivity contribution >= 4 is 34.5 Å². The summed E-state index contributed by atoms with van der Waals surface area (Å²) in [5.41, 5.74) is 2.94. The first-order valence-electron chi connectivity index (χ1n) is 7.66. The van der Waals surface area contributed by atoms with Crippen LogP contribution in [0.2, 0.25) is 5.02 Å². The Bertz CT molecular complexity index is 966. The molecule has 6 heteroatoms. The second-order valence-corrected chi connectivity index (χ2v) is 6.10. The number of hydrogen-bond acceptors (Lipinski definition) is 2. The first kappa shape index (κ1) is 16.3. The molecule has 1 N–H and O–H groups in total. The van der Waals surface area contributed by atoms with E-state index >= 15 is 0 Å². The Morgan fingerprint density at radius 3 is 2.79 bits per heavy atom. The molecule has 0 saturated carbocycles. The van der Waals surface area contributed by atoms with E-state index in [0.29, 0.717) is 17.0 Å². The van der Waals surface area contributed by atoms with E-state index in [-0.39, 0.29) is 0 Å². The quantitative estimate of drug-likeness (QED) is 0.722. The number of carboxylic acids is 1. The molecule has 2 heterocycles. The van der Waals surface area contributed by atoms with Crippen molar-refractivity contribution in [2.45, 2.75) is 20.3 Å². The Morgan fingerprint density at radius 1 is 1.38 bits per heavy atom.